The SMILES string of the molecule is C/C(=C\COC(=O)c1ccc(N(C)C)cc1)C(C)(C)C. The lowest BCUT2D eigenvalue weighted by Gasteiger charge is -2.19. The van der Waals surface area contributed by atoms with Crippen molar-refractivity contribution in [2.75, 3.05) is 25.6 Å². The fourth-order valence-corrected chi connectivity index (χ4v) is 1.53. The zero-order valence-corrected chi connectivity index (χ0v) is 13.4. The Morgan fingerprint density at radius 2 is 1.75 bits per heavy atom. The number of ether oxygens (including phenoxy) is 1. The maximum atomic E-state index is 11.9. The van der Waals surface area contributed by atoms with Crippen LogP contribution in [0, 0.1) is 5.41 Å². The van der Waals surface area contributed by atoms with Crippen molar-refractivity contribution in [3.05, 3.63) is 41.5 Å². The summed E-state index contributed by atoms with van der Waals surface area (Å²) in [5, 5.41) is 0. The molecule has 0 heterocycles. The summed E-state index contributed by atoms with van der Waals surface area (Å²) >= 11 is 0. The molecule has 0 amide bonds. The Morgan fingerprint density at radius 1 is 1.20 bits per heavy atom. The third-order valence-corrected chi connectivity index (χ3v) is 3.41. The molecule has 0 N–H and O–H groups in total. The molecule has 110 valence electrons. The molecule has 0 bridgehead atoms. The van der Waals surface area contributed by atoms with Crippen LogP contribution in [0.2, 0.25) is 0 Å². The van der Waals surface area contributed by atoms with E-state index >= 15 is 0 Å². The van der Waals surface area contributed by atoms with Crippen LogP contribution in [-0.2, 0) is 4.74 Å². The third-order valence-electron chi connectivity index (χ3n) is 3.41. The standard InChI is InChI=1S/C17H25NO2/c1-13(17(2,3)4)11-12-20-16(19)14-7-9-15(10-8-14)18(5)6/h7-11H,12H2,1-6H3/b13-11+. The number of nitrogens with zero attached hydrogens (tertiary/aromatic N) is 1. The molecule has 3 heteroatoms. The van der Waals surface area contributed by atoms with Crippen molar-refractivity contribution in [2.45, 2.75) is 27.7 Å². The van der Waals surface area contributed by atoms with E-state index in [2.05, 4.69) is 27.7 Å². The molecule has 0 atom stereocenters. The molecular formula is C17H25NO2. The highest BCUT2D eigenvalue weighted by Crippen LogP contribution is 2.24. The van der Waals surface area contributed by atoms with Crippen molar-refractivity contribution >= 4 is 11.7 Å². The zero-order valence-electron chi connectivity index (χ0n) is 13.4. The molecule has 0 aromatic heterocycles. The number of allylic oxidation sites excluding steroid dienone is 1. The van der Waals surface area contributed by atoms with Crippen LogP contribution < -0.4 is 4.90 Å². The first kappa shape index (κ1) is 16.3. The van der Waals surface area contributed by atoms with Gasteiger partial charge < -0.3 is 9.64 Å². The summed E-state index contributed by atoms with van der Waals surface area (Å²) in [6.07, 6.45) is 1.96. The number of anilines is 1. The first-order chi connectivity index (χ1) is 9.21. The first-order valence-corrected chi connectivity index (χ1v) is 6.83. The Kier molecular flexibility index (Phi) is 5.37. The Labute approximate surface area is 122 Å². The number of rotatable bonds is 4. The van der Waals surface area contributed by atoms with Crippen LogP contribution in [0.15, 0.2) is 35.9 Å². The average Bonchev–Trinajstić information content (AvgIpc) is 2.37. The topological polar surface area (TPSA) is 29.5 Å². The molecule has 20 heavy (non-hydrogen) atoms. The van der Waals surface area contributed by atoms with E-state index in [0.717, 1.165) is 5.69 Å². The fourth-order valence-electron chi connectivity index (χ4n) is 1.53. The highest BCUT2D eigenvalue weighted by molar-refractivity contribution is 5.89. The summed E-state index contributed by atoms with van der Waals surface area (Å²) in [5.74, 6) is -0.284. The molecule has 0 unspecified atom stereocenters. The van der Waals surface area contributed by atoms with Gasteiger partial charge in [0.05, 0.1) is 5.56 Å². The molecule has 3 nitrogen and oxygen atoms in total. The Hall–Kier alpha value is -1.77. The molecule has 0 aliphatic carbocycles. The Morgan fingerprint density at radius 3 is 2.20 bits per heavy atom. The lowest BCUT2D eigenvalue weighted by Crippen LogP contribution is -2.11. The second-order valence-corrected chi connectivity index (χ2v) is 6.18. The van der Waals surface area contributed by atoms with Crippen molar-refractivity contribution in [1.82, 2.24) is 0 Å². The molecule has 0 saturated carbocycles. The van der Waals surface area contributed by atoms with E-state index < -0.39 is 0 Å². The molecule has 1 rings (SSSR count). The smallest absolute Gasteiger partial charge is 0.338 e. The molecular weight excluding hydrogens is 250 g/mol. The van der Waals surface area contributed by atoms with Crippen LogP contribution in [0.3, 0.4) is 0 Å². The van der Waals surface area contributed by atoms with Gasteiger partial charge in [0, 0.05) is 19.8 Å². The number of carbonyl (C=O) groups is 1. The van der Waals surface area contributed by atoms with Gasteiger partial charge in [0.2, 0.25) is 0 Å². The highest BCUT2D eigenvalue weighted by atomic mass is 16.5. The summed E-state index contributed by atoms with van der Waals surface area (Å²) < 4.78 is 5.27. The molecule has 1 aromatic rings. The fraction of sp³-hybridized carbons (Fsp3) is 0.471. The molecule has 0 saturated heterocycles. The molecule has 0 radical (unpaired) electrons. The van der Waals surface area contributed by atoms with Crippen LogP contribution in [0.25, 0.3) is 0 Å². The second kappa shape index (κ2) is 6.60. The Balaban J connectivity index is 2.60. The maximum absolute atomic E-state index is 11.9. The van der Waals surface area contributed by atoms with Crippen LogP contribution in [0.1, 0.15) is 38.1 Å². The van der Waals surface area contributed by atoms with Crippen LogP contribution >= 0.6 is 0 Å². The largest absolute Gasteiger partial charge is 0.458 e. The monoisotopic (exact) mass is 275 g/mol. The molecule has 0 aliphatic rings. The quantitative estimate of drug-likeness (QED) is 0.616. The zero-order chi connectivity index (χ0) is 15.3. The van der Waals surface area contributed by atoms with E-state index in [9.17, 15) is 4.79 Å². The van der Waals surface area contributed by atoms with Gasteiger partial charge in [0.25, 0.3) is 0 Å². The third kappa shape index (κ3) is 4.72. The average molecular weight is 275 g/mol. The van der Waals surface area contributed by atoms with Crippen LogP contribution in [0.4, 0.5) is 5.69 Å². The van der Waals surface area contributed by atoms with Gasteiger partial charge >= 0.3 is 5.97 Å². The van der Waals surface area contributed by atoms with Crippen molar-refractivity contribution in [3.8, 4) is 0 Å². The van der Waals surface area contributed by atoms with E-state index in [1.807, 2.05) is 37.2 Å². The van der Waals surface area contributed by atoms with Gasteiger partial charge in [-0.2, -0.15) is 0 Å². The lowest BCUT2D eigenvalue weighted by molar-refractivity contribution is 0.0548. The van der Waals surface area contributed by atoms with Crippen molar-refractivity contribution in [3.63, 3.8) is 0 Å². The van der Waals surface area contributed by atoms with Crippen molar-refractivity contribution in [1.29, 1.82) is 0 Å². The van der Waals surface area contributed by atoms with Crippen molar-refractivity contribution < 1.29 is 9.53 Å². The van der Waals surface area contributed by atoms with Crippen LogP contribution in [0.5, 0.6) is 0 Å². The van der Waals surface area contributed by atoms with Gasteiger partial charge in [0.1, 0.15) is 6.61 Å². The van der Waals surface area contributed by atoms with E-state index in [1.165, 1.54) is 5.57 Å². The molecule has 1 aromatic carbocycles. The van der Waals surface area contributed by atoms with Crippen LogP contribution in [-0.4, -0.2) is 26.7 Å². The van der Waals surface area contributed by atoms with E-state index in [0.29, 0.717) is 12.2 Å². The van der Waals surface area contributed by atoms with E-state index in [4.69, 9.17) is 4.74 Å². The van der Waals surface area contributed by atoms with Gasteiger partial charge in [-0.15, -0.1) is 0 Å². The summed E-state index contributed by atoms with van der Waals surface area (Å²) in [5.41, 5.74) is 2.97. The van der Waals surface area contributed by atoms with E-state index in [1.54, 1.807) is 12.1 Å². The Bertz CT molecular complexity index is 479. The van der Waals surface area contributed by atoms with Gasteiger partial charge in [-0.25, -0.2) is 4.79 Å². The predicted molar refractivity (Wildman–Crippen MR) is 84.3 cm³/mol. The number of hydrogen-bond donors (Lipinski definition) is 0. The summed E-state index contributed by atoms with van der Waals surface area (Å²) in [7, 11) is 3.93. The molecule has 0 spiro atoms. The molecule has 0 aliphatic heterocycles. The van der Waals surface area contributed by atoms with Crippen molar-refractivity contribution in [2.24, 2.45) is 5.41 Å². The van der Waals surface area contributed by atoms with Gasteiger partial charge in [-0.3, -0.25) is 0 Å². The highest BCUT2D eigenvalue weighted by Gasteiger charge is 2.12. The number of esters is 1. The van der Waals surface area contributed by atoms with Gasteiger partial charge in [0.15, 0.2) is 0 Å². The summed E-state index contributed by atoms with van der Waals surface area (Å²) in [6, 6.07) is 7.40. The second-order valence-electron chi connectivity index (χ2n) is 6.18. The van der Waals surface area contributed by atoms with Gasteiger partial charge in [-0.1, -0.05) is 26.3 Å². The minimum absolute atomic E-state index is 0.111. The number of hydrogen-bond acceptors (Lipinski definition) is 3. The summed E-state index contributed by atoms with van der Waals surface area (Å²) in [6.45, 7) is 8.79. The minimum atomic E-state index is -0.284. The van der Waals surface area contributed by atoms with E-state index in [-0.39, 0.29) is 11.4 Å². The first-order valence-electron chi connectivity index (χ1n) is 6.83. The predicted octanol–water partition coefficient (Wildman–Crippen LogP) is 3.90. The minimum Gasteiger partial charge on any atom is -0.458 e. The van der Waals surface area contributed by atoms with Gasteiger partial charge in [-0.05, 0) is 42.7 Å². The molecule has 0 fully saturated rings. The summed E-state index contributed by atoms with van der Waals surface area (Å²) in [4.78, 5) is 13.9. The number of benzene rings is 1. The lowest BCUT2D eigenvalue weighted by atomic mass is 9.87. The number of carbonyl (C=O) groups excluding carboxylic acids is 1. The maximum Gasteiger partial charge on any atom is 0.338 e. The normalized spacial score (nSPS) is 12.2.